The van der Waals surface area contributed by atoms with Crippen molar-refractivity contribution in [1.29, 1.82) is 0 Å². The van der Waals surface area contributed by atoms with E-state index in [2.05, 4.69) is 17.3 Å². The van der Waals surface area contributed by atoms with Crippen molar-refractivity contribution in [1.82, 2.24) is 9.78 Å². The normalized spacial score (nSPS) is 11.0. The van der Waals surface area contributed by atoms with E-state index >= 15 is 0 Å². The maximum absolute atomic E-state index is 12.3. The van der Waals surface area contributed by atoms with Crippen LogP contribution in [0.15, 0.2) is 67.0 Å². The van der Waals surface area contributed by atoms with Gasteiger partial charge in [-0.2, -0.15) is 5.10 Å². The molecule has 0 fully saturated rings. The zero-order valence-electron chi connectivity index (χ0n) is 14.4. The van der Waals surface area contributed by atoms with Gasteiger partial charge in [0.2, 0.25) is 5.91 Å². The number of para-hydroxylation sites is 2. The Morgan fingerprint density at radius 3 is 2.72 bits per heavy atom. The van der Waals surface area contributed by atoms with E-state index in [0.717, 1.165) is 34.5 Å². The van der Waals surface area contributed by atoms with E-state index < -0.39 is 0 Å². The zero-order valence-corrected chi connectivity index (χ0v) is 14.4. The van der Waals surface area contributed by atoms with Crippen LogP contribution in [0.3, 0.4) is 0 Å². The van der Waals surface area contributed by atoms with E-state index in [0.29, 0.717) is 0 Å². The number of nitrogens with one attached hydrogen (secondary N) is 1. The van der Waals surface area contributed by atoms with E-state index in [-0.39, 0.29) is 5.91 Å². The van der Waals surface area contributed by atoms with Gasteiger partial charge in [-0.25, -0.2) is 4.68 Å². The summed E-state index contributed by atoms with van der Waals surface area (Å²) in [7, 11) is 0. The fraction of sp³-hybridized carbons (Fsp3) is 0.143. The van der Waals surface area contributed by atoms with Crippen molar-refractivity contribution in [3.8, 4) is 5.69 Å². The lowest BCUT2D eigenvalue weighted by Gasteiger charge is -2.11. The van der Waals surface area contributed by atoms with Crippen LogP contribution in [0.5, 0.6) is 0 Å². The van der Waals surface area contributed by atoms with Crippen molar-refractivity contribution < 1.29 is 4.79 Å². The SMILES string of the molecule is CCc1cccc(C)c1NC(=O)/C=C/c1cnn(-c2ccccc2)c1. The van der Waals surface area contributed by atoms with Gasteiger partial charge in [0.05, 0.1) is 11.9 Å². The zero-order chi connectivity index (χ0) is 17.6. The molecule has 1 N–H and O–H groups in total. The molecule has 3 rings (SSSR count). The number of anilines is 1. The lowest BCUT2D eigenvalue weighted by molar-refractivity contribution is -0.111. The minimum Gasteiger partial charge on any atom is -0.322 e. The van der Waals surface area contributed by atoms with Crippen LogP contribution in [0.4, 0.5) is 5.69 Å². The fourth-order valence-corrected chi connectivity index (χ4v) is 2.68. The number of benzene rings is 2. The number of carbonyl (C=O) groups excluding carboxylic acids is 1. The highest BCUT2D eigenvalue weighted by molar-refractivity contribution is 6.02. The molecule has 2 aromatic carbocycles. The molecule has 0 atom stereocenters. The average molecular weight is 331 g/mol. The Labute approximate surface area is 147 Å². The third kappa shape index (κ3) is 4.04. The van der Waals surface area contributed by atoms with Gasteiger partial charge >= 0.3 is 0 Å². The summed E-state index contributed by atoms with van der Waals surface area (Å²) in [6, 6.07) is 15.9. The van der Waals surface area contributed by atoms with E-state index in [1.165, 1.54) is 6.08 Å². The number of amides is 1. The summed E-state index contributed by atoms with van der Waals surface area (Å²) in [5.41, 5.74) is 4.97. The molecule has 0 aliphatic carbocycles. The largest absolute Gasteiger partial charge is 0.322 e. The number of hydrogen-bond donors (Lipinski definition) is 1. The summed E-state index contributed by atoms with van der Waals surface area (Å²) in [5.74, 6) is -0.142. The van der Waals surface area contributed by atoms with Crippen LogP contribution < -0.4 is 5.32 Å². The van der Waals surface area contributed by atoms with Gasteiger partial charge in [0.25, 0.3) is 0 Å². The Morgan fingerprint density at radius 1 is 1.16 bits per heavy atom. The first kappa shape index (κ1) is 16.7. The van der Waals surface area contributed by atoms with Crippen molar-refractivity contribution in [2.45, 2.75) is 20.3 Å². The third-order valence-electron chi connectivity index (χ3n) is 4.04. The highest BCUT2D eigenvalue weighted by Crippen LogP contribution is 2.21. The molecule has 0 unspecified atom stereocenters. The maximum Gasteiger partial charge on any atom is 0.248 e. The van der Waals surface area contributed by atoms with Crippen LogP contribution in [-0.4, -0.2) is 15.7 Å². The summed E-state index contributed by atoms with van der Waals surface area (Å²) >= 11 is 0. The highest BCUT2D eigenvalue weighted by Gasteiger charge is 2.06. The Morgan fingerprint density at radius 2 is 1.96 bits per heavy atom. The van der Waals surface area contributed by atoms with Gasteiger partial charge < -0.3 is 5.32 Å². The van der Waals surface area contributed by atoms with Gasteiger partial charge in [-0.3, -0.25) is 4.79 Å². The number of nitrogens with zero attached hydrogens (tertiary/aromatic N) is 2. The summed E-state index contributed by atoms with van der Waals surface area (Å²) in [6.45, 7) is 4.08. The van der Waals surface area contributed by atoms with E-state index in [1.54, 1.807) is 17.0 Å². The predicted octanol–water partition coefficient (Wildman–Crippen LogP) is 4.40. The molecule has 126 valence electrons. The highest BCUT2D eigenvalue weighted by atomic mass is 16.1. The number of aromatic nitrogens is 2. The van der Waals surface area contributed by atoms with Crippen LogP contribution in [0, 0.1) is 6.92 Å². The van der Waals surface area contributed by atoms with Crippen LogP contribution in [0.2, 0.25) is 0 Å². The Bertz CT molecular complexity index is 895. The number of aryl methyl sites for hydroxylation is 2. The second kappa shape index (κ2) is 7.62. The molecule has 0 spiro atoms. The summed E-state index contributed by atoms with van der Waals surface area (Å²) in [4.78, 5) is 12.3. The summed E-state index contributed by atoms with van der Waals surface area (Å²) in [5, 5.41) is 7.31. The first-order valence-electron chi connectivity index (χ1n) is 8.35. The van der Waals surface area contributed by atoms with Gasteiger partial charge in [0.15, 0.2) is 0 Å². The molecule has 4 heteroatoms. The standard InChI is InChI=1S/C21H21N3O/c1-3-18-9-7-8-16(2)21(18)23-20(25)13-12-17-14-22-24(15-17)19-10-5-4-6-11-19/h4-15H,3H2,1-2H3,(H,23,25)/b13-12+. The monoisotopic (exact) mass is 331 g/mol. The summed E-state index contributed by atoms with van der Waals surface area (Å²) < 4.78 is 1.79. The average Bonchev–Trinajstić information content (AvgIpc) is 3.11. The molecule has 1 aromatic heterocycles. The van der Waals surface area contributed by atoms with Crippen LogP contribution in [0.1, 0.15) is 23.6 Å². The molecular formula is C21H21N3O. The molecular weight excluding hydrogens is 310 g/mol. The molecule has 4 nitrogen and oxygen atoms in total. The Balaban J connectivity index is 1.71. The minimum absolute atomic E-state index is 0.142. The molecule has 0 aliphatic rings. The lowest BCUT2D eigenvalue weighted by Crippen LogP contribution is -2.10. The molecule has 0 saturated heterocycles. The number of carbonyl (C=O) groups is 1. The van der Waals surface area contributed by atoms with Crippen molar-refractivity contribution in [3.05, 3.63) is 83.7 Å². The van der Waals surface area contributed by atoms with Crippen molar-refractivity contribution in [3.63, 3.8) is 0 Å². The van der Waals surface area contributed by atoms with Crippen LogP contribution in [-0.2, 0) is 11.2 Å². The van der Waals surface area contributed by atoms with Gasteiger partial charge in [0, 0.05) is 23.5 Å². The lowest BCUT2D eigenvalue weighted by atomic mass is 10.1. The van der Waals surface area contributed by atoms with Crippen molar-refractivity contribution in [2.75, 3.05) is 5.32 Å². The maximum atomic E-state index is 12.3. The van der Waals surface area contributed by atoms with E-state index in [1.807, 2.05) is 61.7 Å². The molecule has 1 heterocycles. The minimum atomic E-state index is -0.142. The van der Waals surface area contributed by atoms with Gasteiger partial charge in [-0.05, 0) is 42.7 Å². The molecule has 0 saturated carbocycles. The topological polar surface area (TPSA) is 46.9 Å². The van der Waals surface area contributed by atoms with Gasteiger partial charge in [-0.15, -0.1) is 0 Å². The molecule has 25 heavy (non-hydrogen) atoms. The Hall–Kier alpha value is -3.14. The second-order valence-electron chi connectivity index (χ2n) is 5.84. The van der Waals surface area contributed by atoms with Crippen molar-refractivity contribution >= 4 is 17.7 Å². The number of rotatable bonds is 5. The first-order chi connectivity index (χ1) is 12.2. The second-order valence-corrected chi connectivity index (χ2v) is 5.84. The van der Waals surface area contributed by atoms with Gasteiger partial charge in [0.1, 0.15) is 0 Å². The van der Waals surface area contributed by atoms with Crippen LogP contribution >= 0.6 is 0 Å². The Kier molecular flexibility index (Phi) is 5.09. The van der Waals surface area contributed by atoms with Crippen LogP contribution in [0.25, 0.3) is 11.8 Å². The predicted molar refractivity (Wildman–Crippen MR) is 102 cm³/mol. The van der Waals surface area contributed by atoms with E-state index in [4.69, 9.17) is 0 Å². The quantitative estimate of drug-likeness (QED) is 0.705. The number of hydrogen-bond acceptors (Lipinski definition) is 2. The molecule has 0 radical (unpaired) electrons. The fourth-order valence-electron chi connectivity index (χ4n) is 2.68. The molecule has 3 aromatic rings. The smallest absolute Gasteiger partial charge is 0.248 e. The third-order valence-corrected chi connectivity index (χ3v) is 4.04. The molecule has 0 aliphatic heterocycles. The summed E-state index contributed by atoms with van der Waals surface area (Å²) in [6.07, 6.45) is 7.82. The van der Waals surface area contributed by atoms with Gasteiger partial charge in [-0.1, -0.05) is 43.3 Å². The van der Waals surface area contributed by atoms with Crippen molar-refractivity contribution in [2.24, 2.45) is 0 Å². The molecule has 1 amide bonds. The molecule has 0 bridgehead atoms. The first-order valence-corrected chi connectivity index (χ1v) is 8.35. The van der Waals surface area contributed by atoms with E-state index in [9.17, 15) is 4.79 Å².